The van der Waals surface area contributed by atoms with E-state index < -0.39 is 5.91 Å². The van der Waals surface area contributed by atoms with Crippen LogP contribution in [0.1, 0.15) is 22.5 Å². The fourth-order valence-corrected chi connectivity index (χ4v) is 2.87. The van der Waals surface area contributed by atoms with Crippen molar-refractivity contribution >= 4 is 28.3 Å². The molecule has 0 saturated carbocycles. The van der Waals surface area contributed by atoms with Crippen molar-refractivity contribution in [2.45, 2.75) is 12.8 Å². The molecule has 0 fully saturated rings. The molecule has 0 bridgehead atoms. The highest BCUT2D eigenvalue weighted by Crippen LogP contribution is 2.25. The lowest BCUT2D eigenvalue weighted by molar-refractivity contribution is -0.116. The Morgan fingerprint density at radius 3 is 2.79 bits per heavy atom. The number of thiazole rings is 1. The minimum absolute atomic E-state index is 0.0976. The first kappa shape index (κ1) is 15.9. The van der Waals surface area contributed by atoms with Gasteiger partial charge in [0.2, 0.25) is 5.91 Å². The van der Waals surface area contributed by atoms with Gasteiger partial charge in [-0.25, -0.2) is 4.98 Å². The molecular weight excluding hydrogens is 326 g/mol. The molecule has 0 unspecified atom stereocenters. The molecule has 0 spiro atoms. The Labute approximate surface area is 142 Å². The van der Waals surface area contributed by atoms with E-state index in [0.29, 0.717) is 29.4 Å². The van der Waals surface area contributed by atoms with Crippen LogP contribution in [-0.2, 0) is 11.2 Å². The molecule has 24 heavy (non-hydrogen) atoms. The van der Waals surface area contributed by atoms with Crippen molar-refractivity contribution in [1.29, 1.82) is 0 Å². The molecule has 0 saturated heterocycles. The second kappa shape index (κ2) is 7.05. The Morgan fingerprint density at radius 1 is 1.29 bits per heavy atom. The Balaban J connectivity index is 1.59. The molecule has 0 aliphatic carbocycles. The number of primary amides is 1. The van der Waals surface area contributed by atoms with Gasteiger partial charge in [0.15, 0.2) is 5.13 Å². The first-order valence-corrected chi connectivity index (χ1v) is 8.12. The van der Waals surface area contributed by atoms with Gasteiger partial charge in [-0.2, -0.15) is 0 Å². The van der Waals surface area contributed by atoms with E-state index in [1.54, 1.807) is 24.7 Å². The van der Waals surface area contributed by atoms with Gasteiger partial charge in [0.05, 0.1) is 5.69 Å². The Hall–Kier alpha value is -3.00. The summed E-state index contributed by atoms with van der Waals surface area (Å²) in [5.41, 5.74) is 8.01. The van der Waals surface area contributed by atoms with E-state index in [9.17, 15) is 9.59 Å². The first-order chi connectivity index (χ1) is 11.6. The number of aromatic amines is 1. The lowest BCUT2D eigenvalue weighted by atomic mass is 10.1. The third-order valence-electron chi connectivity index (χ3n) is 3.38. The fourth-order valence-electron chi connectivity index (χ4n) is 2.14. The van der Waals surface area contributed by atoms with Crippen LogP contribution in [0.5, 0.6) is 0 Å². The van der Waals surface area contributed by atoms with Gasteiger partial charge in [-0.3, -0.25) is 14.6 Å². The van der Waals surface area contributed by atoms with Crippen molar-refractivity contribution in [3.8, 4) is 11.3 Å². The monoisotopic (exact) mass is 341 g/mol. The summed E-state index contributed by atoms with van der Waals surface area (Å²) < 4.78 is 0. The van der Waals surface area contributed by atoms with Gasteiger partial charge in [-0.1, -0.05) is 0 Å². The number of anilines is 1. The van der Waals surface area contributed by atoms with Crippen molar-refractivity contribution in [3.63, 3.8) is 0 Å². The molecule has 3 aromatic heterocycles. The van der Waals surface area contributed by atoms with Gasteiger partial charge in [0, 0.05) is 36.0 Å². The number of amides is 2. The van der Waals surface area contributed by atoms with Crippen LogP contribution in [0.2, 0.25) is 0 Å². The van der Waals surface area contributed by atoms with Crippen molar-refractivity contribution in [3.05, 3.63) is 53.4 Å². The van der Waals surface area contributed by atoms with E-state index >= 15 is 0 Å². The van der Waals surface area contributed by atoms with Crippen molar-refractivity contribution in [2.75, 3.05) is 5.32 Å². The first-order valence-electron chi connectivity index (χ1n) is 7.24. The second-order valence-electron chi connectivity index (χ2n) is 5.11. The molecule has 0 aliphatic heterocycles. The maximum absolute atomic E-state index is 12.0. The number of hydrogen-bond acceptors (Lipinski definition) is 5. The zero-order chi connectivity index (χ0) is 16.9. The molecule has 0 radical (unpaired) electrons. The Kier molecular flexibility index (Phi) is 4.66. The van der Waals surface area contributed by atoms with Gasteiger partial charge < -0.3 is 16.0 Å². The van der Waals surface area contributed by atoms with E-state index in [-0.39, 0.29) is 5.91 Å². The summed E-state index contributed by atoms with van der Waals surface area (Å²) in [5, 5.41) is 5.11. The normalized spacial score (nSPS) is 10.5. The van der Waals surface area contributed by atoms with Gasteiger partial charge in [-0.15, -0.1) is 11.3 Å². The van der Waals surface area contributed by atoms with Crippen LogP contribution in [0.4, 0.5) is 5.13 Å². The predicted molar refractivity (Wildman–Crippen MR) is 91.6 cm³/mol. The quantitative estimate of drug-likeness (QED) is 0.637. The molecule has 3 heterocycles. The largest absolute Gasteiger partial charge is 0.364 e. The van der Waals surface area contributed by atoms with Crippen LogP contribution in [0.25, 0.3) is 11.3 Å². The molecule has 3 aromatic rings. The number of pyridine rings is 1. The number of carbonyl (C=O) groups is 2. The SMILES string of the molecule is NC(=O)c1cc(-c2csc(NC(=O)CCc3ccncc3)n2)c[nH]1. The van der Waals surface area contributed by atoms with E-state index in [2.05, 4.69) is 20.3 Å². The molecule has 7 nitrogen and oxygen atoms in total. The van der Waals surface area contributed by atoms with Gasteiger partial charge in [0.1, 0.15) is 5.69 Å². The summed E-state index contributed by atoms with van der Waals surface area (Å²) in [5.74, 6) is -0.624. The van der Waals surface area contributed by atoms with Gasteiger partial charge >= 0.3 is 0 Å². The average Bonchev–Trinajstić information content (AvgIpc) is 3.23. The zero-order valence-electron chi connectivity index (χ0n) is 12.7. The van der Waals surface area contributed by atoms with Crippen LogP contribution in [0.3, 0.4) is 0 Å². The van der Waals surface area contributed by atoms with E-state index in [1.807, 2.05) is 17.5 Å². The highest BCUT2D eigenvalue weighted by atomic mass is 32.1. The Bertz CT molecular complexity index is 856. The van der Waals surface area contributed by atoms with Crippen molar-refractivity contribution in [2.24, 2.45) is 5.73 Å². The van der Waals surface area contributed by atoms with Crippen molar-refractivity contribution in [1.82, 2.24) is 15.0 Å². The molecular formula is C16H15N5O2S. The molecule has 0 aliphatic rings. The number of aromatic nitrogens is 3. The Morgan fingerprint density at radius 2 is 2.08 bits per heavy atom. The minimum Gasteiger partial charge on any atom is -0.364 e. The summed E-state index contributed by atoms with van der Waals surface area (Å²) in [7, 11) is 0. The maximum atomic E-state index is 12.0. The lowest BCUT2D eigenvalue weighted by Gasteiger charge is -2.01. The molecule has 8 heteroatoms. The summed E-state index contributed by atoms with van der Waals surface area (Å²) in [6.07, 6.45) is 6.08. The summed E-state index contributed by atoms with van der Waals surface area (Å²) in [6.45, 7) is 0. The van der Waals surface area contributed by atoms with Gasteiger partial charge in [0.25, 0.3) is 5.91 Å². The number of nitrogens with zero attached hydrogens (tertiary/aromatic N) is 2. The number of nitrogens with two attached hydrogens (primary N) is 1. The third kappa shape index (κ3) is 3.85. The third-order valence-corrected chi connectivity index (χ3v) is 4.14. The molecule has 122 valence electrons. The number of hydrogen-bond donors (Lipinski definition) is 3. The number of carbonyl (C=O) groups excluding carboxylic acids is 2. The molecule has 4 N–H and O–H groups in total. The number of aryl methyl sites for hydroxylation is 1. The van der Waals surface area contributed by atoms with Crippen LogP contribution in [-0.4, -0.2) is 26.8 Å². The topological polar surface area (TPSA) is 114 Å². The fraction of sp³-hybridized carbons (Fsp3) is 0.125. The van der Waals surface area contributed by atoms with E-state index in [4.69, 9.17) is 5.73 Å². The van der Waals surface area contributed by atoms with Gasteiger partial charge in [-0.05, 0) is 30.2 Å². The van der Waals surface area contributed by atoms with E-state index in [0.717, 1.165) is 11.1 Å². The predicted octanol–water partition coefficient (Wildman–Crippen LogP) is 2.20. The highest BCUT2D eigenvalue weighted by molar-refractivity contribution is 7.14. The molecule has 3 rings (SSSR count). The van der Waals surface area contributed by atoms with Crippen LogP contribution in [0.15, 0.2) is 42.2 Å². The zero-order valence-corrected chi connectivity index (χ0v) is 13.5. The van der Waals surface area contributed by atoms with Crippen molar-refractivity contribution < 1.29 is 9.59 Å². The minimum atomic E-state index is -0.527. The number of rotatable bonds is 6. The number of nitrogens with one attached hydrogen (secondary N) is 2. The second-order valence-corrected chi connectivity index (χ2v) is 5.97. The molecule has 0 aromatic carbocycles. The molecule has 0 atom stereocenters. The van der Waals surface area contributed by atoms with Crippen LogP contribution >= 0.6 is 11.3 Å². The highest BCUT2D eigenvalue weighted by Gasteiger charge is 2.11. The summed E-state index contributed by atoms with van der Waals surface area (Å²) in [4.78, 5) is 34.2. The summed E-state index contributed by atoms with van der Waals surface area (Å²) in [6, 6.07) is 5.40. The molecule has 2 amide bonds. The van der Waals surface area contributed by atoms with Crippen LogP contribution in [0, 0.1) is 0 Å². The summed E-state index contributed by atoms with van der Waals surface area (Å²) >= 11 is 1.33. The standard InChI is InChI=1S/C16H15N5O2S/c17-15(23)12-7-11(8-19-12)13-9-24-16(20-13)21-14(22)2-1-10-3-5-18-6-4-10/h3-9,19H,1-2H2,(H2,17,23)(H,20,21,22). The average molecular weight is 341 g/mol. The number of H-pyrrole nitrogens is 1. The van der Waals surface area contributed by atoms with E-state index in [1.165, 1.54) is 11.3 Å². The lowest BCUT2D eigenvalue weighted by Crippen LogP contribution is -2.12. The smallest absolute Gasteiger partial charge is 0.265 e. The maximum Gasteiger partial charge on any atom is 0.265 e. The van der Waals surface area contributed by atoms with Crippen LogP contribution < -0.4 is 11.1 Å².